The van der Waals surface area contributed by atoms with E-state index < -0.39 is 0 Å². The molecule has 1 N–H and O–H groups in total. The molecule has 0 aliphatic heterocycles. The molecular formula is C10H21NO2. The van der Waals surface area contributed by atoms with Crippen LogP contribution in [0.5, 0.6) is 0 Å². The van der Waals surface area contributed by atoms with Gasteiger partial charge in [-0.3, -0.25) is 4.79 Å². The Kier molecular flexibility index (Phi) is 6.59. The number of methoxy groups -OCH3 is 1. The van der Waals surface area contributed by atoms with Gasteiger partial charge in [0.15, 0.2) is 0 Å². The van der Waals surface area contributed by atoms with Gasteiger partial charge in [-0.05, 0) is 12.3 Å². The molecule has 0 aromatic rings. The van der Waals surface area contributed by atoms with Crippen LogP contribution in [-0.2, 0) is 9.53 Å². The van der Waals surface area contributed by atoms with E-state index in [4.69, 9.17) is 4.74 Å². The van der Waals surface area contributed by atoms with E-state index in [-0.39, 0.29) is 11.9 Å². The van der Waals surface area contributed by atoms with Crippen LogP contribution < -0.4 is 5.32 Å². The van der Waals surface area contributed by atoms with Gasteiger partial charge in [0.25, 0.3) is 0 Å². The average Bonchev–Trinajstić information content (AvgIpc) is 2.11. The molecular weight excluding hydrogens is 166 g/mol. The maximum Gasteiger partial charge on any atom is 0.219 e. The predicted molar refractivity (Wildman–Crippen MR) is 53.6 cm³/mol. The monoisotopic (exact) mass is 187 g/mol. The fourth-order valence-corrected chi connectivity index (χ4v) is 1.13. The maximum atomic E-state index is 11.1. The van der Waals surface area contributed by atoms with Crippen molar-refractivity contribution in [3.8, 4) is 0 Å². The van der Waals surface area contributed by atoms with Gasteiger partial charge in [-0.2, -0.15) is 0 Å². The quantitative estimate of drug-likeness (QED) is 0.685. The van der Waals surface area contributed by atoms with Crippen molar-refractivity contribution in [2.45, 2.75) is 39.7 Å². The number of ether oxygens (including phenoxy) is 1. The number of hydrogen-bond acceptors (Lipinski definition) is 2. The van der Waals surface area contributed by atoms with E-state index >= 15 is 0 Å². The topological polar surface area (TPSA) is 38.3 Å². The summed E-state index contributed by atoms with van der Waals surface area (Å²) in [6, 6.07) is 0.243. The smallest absolute Gasteiger partial charge is 0.219 e. The first-order valence-electron chi connectivity index (χ1n) is 4.90. The Morgan fingerprint density at radius 1 is 1.46 bits per heavy atom. The maximum absolute atomic E-state index is 11.1. The van der Waals surface area contributed by atoms with Crippen molar-refractivity contribution in [2.75, 3.05) is 13.7 Å². The Morgan fingerprint density at radius 3 is 2.46 bits per heavy atom. The zero-order valence-electron chi connectivity index (χ0n) is 9.09. The van der Waals surface area contributed by atoms with Crippen LogP contribution in [-0.4, -0.2) is 25.7 Å². The molecule has 0 aliphatic carbocycles. The van der Waals surface area contributed by atoms with Gasteiger partial charge < -0.3 is 10.1 Å². The van der Waals surface area contributed by atoms with Crippen LogP contribution in [0.2, 0.25) is 0 Å². The third kappa shape index (κ3) is 5.64. The number of rotatable bonds is 6. The fourth-order valence-electron chi connectivity index (χ4n) is 1.13. The van der Waals surface area contributed by atoms with Crippen molar-refractivity contribution in [2.24, 2.45) is 5.92 Å². The summed E-state index contributed by atoms with van der Waals surface area (Å²) >= 11 is 0. The van der Waals surface area contributed by atoms with Crippen LogP contribution in [0.25, 0.3) is 0 Å². The fraction of sp³-hybridized carbons (Fsp3) is 0.900. The molecule has 0 aliphatic rings. The number of amides is 1. The Hall–Kier alpha value is -0.570. The first-order valence-corrected chi connectivity index (χ1v) is 4.90. The third-order valence-electron chi connectivity index (χ3n) is 2.11. The molecule has 0 saturated heterocycles. The summed E-state index contributed by atoms with van der Waals surface area (Å²) in [5.74, 6) is 0.584. The molecule has 0 radical (unpaired) electrons. The summed E-state index contributed by atoms with van der Waals surface area (Å²) in [5, 5.41) is 2.98. The van der Waals surface area contributed by atoms with E-state index in [1.165, 1.54) is 0 Å². The van der Waals surface area contributed by atoms with Gasteiger partial charge in [0.1, 0.15) is 0 Å². The van der Waals surface area contributed by atoms with E-state index in [2.05, 4.69) is 19.2 Å². The van der Waals surface area contributed by atoms with Crippen LogP contribution in [0, 0.1) is 5.92 Å². The summed E-state index contributed by atoms with van der Waals surface area (Å²) in [5.41, 5.74) is 0. The van der Waals surface area contributed by atoms with Crippen LogP contribution in [0.15, 0.2) is 0 Å². The van der Waals surface area contributed by atoms with Crippen molar-refractivity contribution in [3.05, 3.63) is 0 Å². The zero-order chi connectivity index (χ0) is 10.3. The van der Waals surface area contributed by atoms with E-state index in [0.29, 0.717) is 18.9 Å². The van der Waals surface area contributed by atoms with Crippen molar-refractivity contribution in [1.29, 1.82) is 0 Å². The molecule has 13 heavy (non-hydrogen) atoms. The van der Waals surface area contributed by atoms with Gasteiger partial charge in [-0.25, -0.2) is 0 Å². The van der Waals surface area contributed by atoms with E-state index in [9.17, 15) is 4.79 Å². The second-order valence-corrected chi connectivity index (χ2v) is 3.55. The molecule has 0 spiro atoms. The van der Waals surface area contributed by atoms with Gasteiger partial charge in [0, 0.05) is 26.2 Å². The van der Waals surface area contributed by atoms with Crippen molar-refractivity contribution in [3.63, 3.8) is 0 Å². The molecule has 0 fully saturated rings. The lowest BCUT2D eigenvalue weighted by Gasteiger charge is -2.21. The molecule has 0 aromatic carbocycles. The van der Waals surface area contributed by atoms with Gasteiger partial charge >= 0.3 is 0 Å². The Bertz CT molecular complexity index is 146. The molecule has 3 nitrogen and oxygen atoms in total. The summed E-state index contributed by atoms with van der Waals surface area (Å²) in [6.45, 7) is 6.78. The summed E-state index contributed by atoms with van der Waals surface area (Å²) in [7, 11) is 1.68. The number of carbonyl (C=O) groups is 1. The molecule has 0 saturated carbocycles. The molecule has 3 heteroatoms. The standard InChI is InChI=1S/C10H21NO2/c1-5-10(12)11-9(8(2)3)6-7-13-4/h8-9H,5-7H2,1-4H3,(H,11,12). The normalized spacial score (nSPS) is 13.0. The summed E-state index contributed by atoms with van der Waals surface area (Å²) in [4.78, 5) is 11.1. The van der Waals surface area contributed by atoms with Gasteiger partial charge in [-0.1, -0.05) is 20.8 Å². The lowest BCUT2D eigenvalue weighted by Crippen LogP contribution is -2.38. The highest BCUT2D eigenvalue weighted by Gasteiger charge is 2.14. The highest BCUT2D eigenvalue weighted by molar-refractivity contribution is 5.75. The van der Waals surface area contributed by atoms with Crippen LogP contribution in [0.3, 0.4) is 0 Å². The Morgan fingerprint density at radius 2 is 2.08 bits per heavy atom. The predicted octanol–water partition coefficient (Wildman–Crippen LogP) is 1.57. The van der Waals surface area contributed by atoms with Crippen LogP contribution in [0.1, 0.15) is 33.6 Å². The van der Waals surface area contributed by atoms with E-state index in [1.54, 1.807) is 7.11 Å². The number of nitrogens with one attached hydrogen (secondary N) is 1. The second-order valence-electron chi connectivity index (χ2n) is 3.55. The minimum Gasteiger partial charge on any atom is -0.385 e. The van der Waals surface area contributed by atoms with E-state index in [0.717, 1.165) is 6.42 Å². The molecule has 0 heterocycles. The van der Waals surface area contributed by atoms with Crippen LogP contribution >= 0.6 is 0 Å². The van der Waals surface area contributed by atoms with Gasteiger partial charge in [0.2, 0.25) is 5.91 Å². The Balaban J connectivity index is 3.87. The first kappa shape index (κ1) is 12.4. The molecule has 1 unspecified atom stereocenters. The summed E-state index contributed by atoms with van der Waals surface area (Å²) in [6.07, 6.45) is 1.44. The average molecular weight is 187 g/mol. The van der Waals surface area contributed by atoms with Crippen LogP contribution in [0.4, 0.5) is 0 Å². The van der Waals surface area contributed by atoms with Gasteiger partial charge in [-0.15, -0.1) is 0 Å². The lowest BCUT2D eigenvalue weighted by molar-refractivity contribution is -0.121. The minimum atomic E-state index is 0.120. The zero-order valence-corrected chi connectivity index (χ0v) is 9.09. The van der Waals surface area contributed by atoms with Gasteiger partial charge in [0.05, 0.1) is 0 Å². The first-order chi connectivity index (χ1) is 6.11. The summed E-state index contributed by atoms with van der Waals surface area (Å²) < 4.78 is 4.99. The van der Waals surface area contributed by atoms with E-state index in [1.807, 2.05) is 6.92 Å². The second kappa shape index (κ2) is 6.89. The lowest BCUT2D eigenvalue weighted by atomic mass is 10.0. The SMILES string of the molecule is CCC(=O)NC(CCOC)C(C)C. The molecule has 1 atom stereocenters. The third-order valence-corrected chi connectivity index (χ3v) is 2.11. The highest BCUT2D eigenvalue weighted by Crippen LogP contribution is 2.06. The number of hydrogen-bond donors (Lipinski definition) is 1. The molecule has 0 bridgehead atoms. The largest absolute Gasteiger partial charge is 0.385 e. The van der Waals surface area contributed by atoms with Crippen molar-refractivity contribution in [1.82, 2.24) is 5.32 Å². The van der Waals surface area contributed by atoms with Crippen molar-refractivity contribution >= 4 is 5.91 Å². The minimum absolute atomic E-state index is 0.120. The molecule has 0 aromatic heterocycles. The molecule has 1 amide bonds. The Labute approximate surface area is 80.8 Å². The molecule has 0 rings (SSSR count). The number of carbonyl (C=O) groups excluding carboxylic acids is 1. The van der Waals surface area contributed by atoms with Crippen molar-refractivity contribution < 1.29 is 9.53 Å². The molecule has 78 valence electrons. The highest BCUT2D eigenvalue weighted by atomic mass is 16.5.